The third kappa shape index (κ3) is 1.64. The van der Waals surface area contributed by atoms with Crippen LogP contribution < -0.4 is 9.47 Å². The third-order valence-corrected chi connectivity index (χ3v) is 1.74. The topological polar surface area (TPSA) is 18.5 Å². The molecule has 0 aliphatic heterocycles. The molecule has 0 saturated carbocycles. The summed E-state index contributed by atoms with van der Waals surface area (Å²) in [6.07, 6.45) is 1.50. The Labute approximate surface area is 76.6 Å². The maximum atomic E-state index is 13.1. The van der Waals surface area contributed by atoms with Crippen molar-refractivity contribution in [2.24, 2.45) is 0 Å². The Morgan fingerprint density at radius 2 is 2.00 bits per heavy atom. The van der Waals surface area contributed by atoms with Gasteiger partial charge in [-0.1, -0.05) is 12.7 Å². The number of methoxy groups -OCH3 is 2. The highest BCUT2D eigenvalue weighted by atomic mass is 19.1. The lowest BCUT2D eigenvalue weighted by atomic mass is 10.1. The average molecular weight is 182 g/mol. The molecule has 1 aromatic carbocycles. The van der Waals surface area contributed by atoms with Crippen LogP contribution in [0.2, 0.25) is 0 Å². The van der Waals surface area contributed by atoms with Crippen molar-refractivity contribution >= 4 is 6.08 Å². The molecule has 0 unspecified atom stereocenters. The molecule has 0 aliphatic rings. The molecule has 0 fully saturated rings. The van der Waals surface area contributed by atoms with Crippen molar-refractivity contribution in [1.29, 1.82) is 0 Å². The minimum Gasteiger partial charge on any atom is -0.496 e. The summed E-state index contributed by atoms with van der Waals surface area (Å²) >= 11 is 0. The number of ether oxygens (including phenoxy) is 2. The zero-order valence-electron chi connectivity index (χ0n) is 7.63. The third-order valence-electron chi connectivity index (χ3n) is 1.74. The van der Waals surface area contributed by atoms with Gasteiger partial charge in [-0.05, 0) is 12.1 Å². The van der Waals surface area contributed by atoms with Crippen LogP contribution in [0.15, 0.2) is 18.7 Å². The number of halogens is 1. The first-order chi connectivity index (χ1) is 6.24. The van der Waals surface area contributed by atoms with E-state index in [2.05, 4.69) is 6.58 Å². The maximum absolute atomic E-state index is 13.1. The summed E-state index contributed by atoms with van der Waals surface area (Å²) in [6.45, 7) is 3.56. The van der Waals surface area contributed by atoms with Gasteiger partial charge in [0, 0.05) is 0 Å². The van der Waals surface area contributed by atoms with Gasteiger partial charge in [-0.3, -0.25) is 0 Å². The van der Waals surface area contributed by atoms with Gasteiger partial charge in [0.05, 0.1) is 19.8 Å². The van der Waals surface area contributed by atoms with Crippen LogP contribution in [0.5, 0.6) is 11.5 Å². The van der Waals surface area contributed by atoms with Crippen LogP contribution in [0.4, 0.5) is 4.39 Å². The van der Waals surface area contributed by atoms with Crippen LogP contribution in [0.1, 0.15) is 5.56 Å². The molecule has 13 heavy (non-hydrogen) atoms. The summed E-state index contributed by atoms with van der Waals surface area (Å²) in [5.41, 5.74) is 0.532. The average Bonchev–Trinajstić information content (AvgIpc) is 2.17. The Bertz CT molecular complexity index is 321. The van der Waals surface area contributed by atoms with Gasteiger partial charge in [0.2, 0.25) is 0 Å². The highest BCUT2D eigenvalue weighted by molar-refractivity contribution is 5.63. The van der Waals surface area contributed by atoms with Gasteiger partial charge in [0.25, 0.3) is 0 Å². The monoisotopic (exact) mass is 182 g/mol. The van der Waals surface area contributed by atoms with Crippen molar-refractivity contribution in [3.63, 3.8) is 0 Å². The summed E-state index contributed by atoms with van der Waals surface area (Å²) in [4.78, 5) is 0. The molecule has 2 nitrogen and oxygen atoms in total. The molecule has 0 aliphatic carbocycles. The number of hydrogen-bond donors (Lipinski definition) is 0. The Hall–Kier alpha value is -1.51. The van der Waals surface area contributed by atoms with Crippen molar-refractivity contribution < 1.29 is 13.9 Å². The van der Waals surface area contributed by atoms with Crippen LogP contribution >= 0.6 is 0 Å². The summed E-state index contributed by atoms with van der Waals surface area (Å²) in [5.74, 6) is 0.292. The normalized spacial score (nSPS) is 9.46. The molecule has 3 heteroatoms. The standard InChI is InChI=1S/C10H11FO2/c1-4-7-9(12-2)6-5-8(11)10(7)13-3/h4-6H,1H2,2-3H3. The van der Waals surface area contributed by atoms with Crippen molar-refractivity contribution in [3.05, 3.63) is 30.1 Å². The largest absolute Gasteiger partial charge is 0.496 e. The van der Waals surface area contributed by atoms with E-state index < -0.39 is 5.82 Å². The fourth-order valence-electron chi connectivity index (χ4n) is 1.13. The number of benzene rings is 1. The Morgan fingerprint density at radius 3 is 2.46 bits per heavy atom. The van der Waals surface area contributed by atoms with Crippen molar-refractivity contribution in [2.75, 3.05) is 14.2 Å². The first-order valence-corrected chi connectivity index (χ1v) is 3.77. The molecule has 0 saturated heterocycles. The van der Waals surface area contributed by atoms with E-state index in [0.29, 0.717) is 11.3 Å². The van der Waals surface area contributed by atoms with E-state index in [9.17, 15) is 4.39 Å². The van der Waals surface area contributed by atoms with Gasteiger partial charge >= 0.3 is 0 Å². The first-order valence-electron chi connectivity index (χ1n) is 3.77. The molecule has 0 radical (unpaired) electrons. The summed E-state index contributed by atoms with van der Waals surface area (Å²) in [7, 11) is 2.92. The fourth-order valence-corrected chi connectivity index (χ4v) is 1.13. The van der Waals surface area contributed by atoms with Gasteiger partial charge < -0.3 is 9.47 Å². The maximum Gasteiger partial charge on any atom is 0.165 e. The van der Waals surface area contributed by atoms with Crippen molar-refractivity contribution in [3.8, 4) is 11.5 Å². The van der Waals surface area contributed by atoms with E-state index in [1.807, 2.05) is 0 Å². The van der Waals surface area contributed by atoms with E-state index >= 15 is 0 Å². The molecule has 0 aromatic heterocycles. The van der Waals surface area contributed by atoms with Gasteiger partial charge in [-0.25, -0.2) is 4.39 Å². The van der Waals surface area contributed by atoms with Crippen LogP contribution in [0, 0.1) is 5.82 Å². The molecule has 0 atom stereocenters. The van der Waals surface area contributed by atoms with Crippen molar-refractivity contribution in [2.45, 2.75) is 0 Å². The molecule has 0 amide bonds. The Kier molecular flexibility index (Phi) is 2.90. The van der Waals surface area contributed by atoms with E-state index in [-0.39, 0.29) is 5.75 Å². The van der Waals surface area contributed by atoms with Crippen molar-refractivity contribution in [1.82, 2.24) is 0 Å². The minimum atomic E-state index is -0.418. The zero-order valence-corrected chi connectivity index (χ0v) is 7.63. The van der Waals surface area contributed by atoms with Crippen LogP contribution in [0.25, 0.3) is 6.08 Å². The second-order valence-electron chi connectivity index (χ2n) is 2.40. The van der Waals surface area contributed by atoms with Crippen LogP contribution in [-0.2, 0) is 0 Å². The highest BCUT2D eigenvalue weighted by Crippen LogP contribution is 2.31. The minimum absolute atomic E-state index is 0.161. The summed E-state index contributed by atoms with van der Waals surface area (Å²) in [5, 5.41) is 0. The molecule has 70 valence electrons. The number of rotatable bonds is 3. The lowest BCUT2D eigenvalue weighted by molar-refractivity contribution is 0.372. The molecule has 0 bridgehead atoms. The quantitative estimate of drug-likeness (QED) is 0.715. The summed E-state index contributed by atoms with van der Waals surface area (Å²) in [6, 6.07) is 2.83. The highest BCUT2D eigenvalue weighted by Gasteiger charge is 2.11. The van der Waals surface area contributed by atoms with Gasteiger partial charge in [0.15, 0.2) is 11.6 Å². The van der Waals surface area contributed by atoms with E-state index in [0.717, 1.165) is 0 Å². The molecule has 1 aromatic rings. The molecular formula is C10H11FO2. The zero-order chi connectivity index (χ0) is 9.84. The second kappa shape index (κ2) is 3.94. The van der Waals surface area contributed by atoms with Gasteiger partial charge in [-0.15, -0.1) is 0 Å². The smallest absolute Gasteiger partial charge is 0.165 e. The van der Waals surface area contributed by atoms with E-state index in [1.165, 1.54) is 32.4 Å². The van der Waals surface area contributed by atoms with E-state index in [1.54, 1.807) is 0 Å². The van der Waals surface area contributed by atoms with E-state index in [4.69, 9.17) is 9.47 Å². The molecule has 1 rings (SSSR count). The SMILES string of the molecule is C=Cc1c(OC)ccc(F)c1OC. The lowest BCUT2D eigenvalue weighted by Crippen LogP contribution is -1.95. The predicted octanol–water partition coefficient (Wildman–Crippen LogP) is 2.49. The fraction of sp³-hybridized carbons (Fsp3) is 0.200. The number of hydrogen-bond acceptors (Lipinski definition) is 2. The second-order valence-corrected chi connectivity index (χ2v) is 2.40. The molecule has 0 heterocycles. The predicted molar refractivity (Wildman–Crippen MR) is 49.6 cm³/mol. The molecular weight excluding hydrogens is 171 g/mol. The Balaban J connectivity index is 3.36. The lowest BCUT2D eigenvalue weighted by Gasteiger charge is -2.10. The summed E-state index contributed by atoms with van der Waals surface area (Å²) < 4.78 is 23.0. The van der Waals surface area contributed by atoms with Crippen LogP contribution in [0.3, 0.4) is 0 Å². The first kappa shape index (κ1) is 9.58. The Morgan fingerprint density at radius 1 is 1.31 bits per heavy atom. The van der Waals surface area contributed by atoms with Crippen LogP contribution in [-0.4, -0.2) is 14.2 Å². The molecule has 0 spiro atoms. The molecule has 0 N–H and O–H groups in total. The van der Waals surface area contributed by atoms with Gasteiger partial charge in [0.1, 0.15) is 5.75 Å². The van der Waals surface area contributed by atoms with Gasteiger partial charge in [-0.2, -0.15) is 0 Å².